The minimum atomic E-state index is -1.32. The molecule has 20 heteroatoms. The molecule has 212 valence electrons. The number of hydrogen-bond acceptors (Lipinski definition) is 14. The Bertz CT molecular complexity index is 1390. The number of thiazole rings is 1. The van der Waals surface area contributed by atoms with Crippen molar-refractivity contribution in [3.05, 3.63) is 22.3 Å². The summed E-state index contributed by atoms with van der Waals surface area (Å²) in [7, 11) is 0. The van der Waals surface area contributed by atoms with Gasteiger partial charge in [0, 0.05) is 16.9 Å². The third kappa shape index (κ3) is 6.23. The molecule has 0 aromatic carbocycles. The maximum atomic E-state index is 13.1. The molecule has 40 heavy (non-hydrogen) atoms. The molecule has 1 saturated heterocycles. The van der Waals surface area contributed by atoms with Crippen molar-refractivity contribution in [2.45, 2.75) is 36.5 Å². The second kappa shape index (κ2) is 12.9. The van der Waals surface area contributed by atoms with Crippen LogP contribution >= 0.6 is 34.9 Å². The van der Waals surface area contributed by atoms with Gasteiger partial charge in [-0.25, -0.2) is 14.5 Å². The molecule has 2 aliphatic rings. The summed E-state index contributed by atoms with van der Waals surface area (Å²) in [6, 6.07) is -1.04. The van der Waals surface area contributed by atoms with E-state index in [1.165, 1.54) is 17.1 Å². The van der Waals surface area contributed by atoms with Crippen LogP contribution < -0.4 is 10.6 Å². The fourth-order valence-electron chi connectivity index (χ4n) is 3.59. The lowest BCUT2D eigenvalue weighted by atomic mass is 10.0. The van der Waals surface area contributed by atoms with Crippen molar-refractivity contribution in [2.24, 2.45) is 5.16 Å². The second-order valence-corrected chi connectivity index (χ2v) is 10.9. The van der Waals surface area contributed by atoms with Gasteiger partial charge in [-0.05, 0) is 22.4 Å². The predicted molar refractivity (Wildman–Crippen MR) is 140 cm³/mol. The molecule has 0 saturated carbocycles. The fraction of sp³-hybridized carbons (Fsp3) is 0.400. The topological polar surface area (TPSA) is 231 Å². The summed E-state index contributed by atoms with van der Waals surface area (Å²) in [6.45, 7) is 1.61. The van der Waals surface area contributed by atoms with E-state index in [2.05, 4.69) is 36.3 Å². The van der Waals surface area contributed by atoms with Gasteiger partial charge >= 0.3 is 11.9 Å². The van der Waals surface area contributed by atoms with Crippen LogP contribution in [0.15, 0.2) is 27.0 Å². The number of oxime groups is 1. The lowest BCUT2D eigenvalue weighted by Crippen LogP contribution is -2.71. The molecule has 2 atom stereocenters. The Morgan fingerprint density at radius 3 is 2.85 bits per heavy atom. The van der Waals surface area contributed by atoms with Gasteiger partial charge < -0.3 is 25.7 Å². The number of carbonyl (C=O) groups is 5. The van der Waals surface area contributed by atoms with Crippen LogP contribution in [-0.2, 0) is 35.4 Å². The maximum absolute atomic E-state index is 13.1. The molecule has 1 unspecified atom stereocenters. The number of anilines is 1. The normalized spacial score (nSPS) is 18.6. The molecular formula is C20H21N9O8S3. The number of aliphatic carboxylic acids is 2. The first-order valence-corrected chi connectivity index (χ1v) is 14.3. The molecule has 2 aliphatic heterocycles. The molecule has 17 nitrogen and oxygen atoms in total. The van der Waals surface area contributed by atoms with E-state index in [4.69, 9.17) is 9.94 Å². The van der Waals surface area contributed by atoms with Crippen molar-refractivity contribution in [1.29, 1.82) is 0 Å². The van der Waals surface area contributed by atoms with E-state index >= 15 is 0 Å². The molecule has 0 bridgehead atoms. The van der Waals surface area contributed by atoms with E-state index in [-0.39, 0.29) is 45.5 Å². The third-order valence-electron chi connectivity index (χ3n) is 5.29. The second-order valence-electron chi connectivity index (χ2n) is 7.99. The van der Waals surface area contributed by atoms with Crippen LogP contribution in [0.5, 0.6) is 0 Å². The Hall–Kier alpha value is -4.04. The van der Waals surface area contributed by atoms with Crippen LogP contribution in [0.3, 0.4) is 0 Å². The molecule has 4 N–H and O–H groups in total. The molecule has 0 spiro atoms. The first kappa shape index (κ1) is 29.0. The van der Waals surface area contributed by atoms with Crippen molar-refractivity contribution in [3.63, 3.8) is 0 Å². The minimum Gasteiger partial charge on any atom is -0.480 e. The quantitative estimate of drug-likeness (QED) is 0.0524. The summed E-state index contributed by atoms with van der Waals surface area (Å²) in [4.78, 5) is 70.4. The van der Waals surface area contributed by atoms with Crippen LogP contribution in [0.1, 0.15) is 19.0 Å². The number of carboxylic acid groups (broad SMARTS) is 2. The number of rotatable bonds is 14. The van der Waals surface area contributed by atoms with Crippen molar-refractivity contribution < 1.29 is 39.0 Å². The summed E-state index contributed by atoms with van der Waals surface area (Å²) in [6.07, 6.45) is 1.06. The van der Waals surface area contributed by atoms with E-state index in [0.717, 1.165) is 32.7 Å². The number of nitrogens with one attached hydrogen (secondary N) is 2. The van der Waals surface area contributed by atoms with Crippen molar-refractivity contribution >= 4 is 75.9 Å². The van der Waals surface area contributed by atoms with Crippen LogP contribution in [0.25, 0.3) is 0 Å². The summed E-state index contributed by atoms with van der Waals surface area (Å²) < 4.78 is 1.07. The van der Waals surface area contributed by atoms with E-state index in [9.17, 15) is 29.1 Å². The van der Waals surface area contributed by atoms with Gasteiger partial charge in [-0.3, -0.25) is 24.1 Å². The average Bonchev–Trinajstić information content (AvgIpc) is 3.56. The highest BCUT2D eigenvalue weighted by Gasteiger charge is 2.54. The van der Waals surface area contributed by atoms with Gasteiger partial charge in [-0.1, -0.05) is 23.8 Å². The highest BCUT2D eigenvalue weighted by atomic mass is 32.2. The molecule has 2 aromatic rings. The first-order chi connectivity index (χ1) is 19.2. The first-order valence-electron chi connectivity index (χ1n) is 11.4. The van der Waals surface area contributed by atoms with E-state index in [0.29, 0.717) is 18.4 Å². The van der Waals surface area contributed by atoms with Crippen molar-refractivity contribution in [3.8, 4) is 0 Å². The van der Waals surface area contributed by atoms with Gasteiger partial charge in [0.15, 0.2) is 10.8 Å². The van der Waals surface area contributed by atoms with Crippen LogP contribution in [0, 0.1) is 0 Å². The zero-order valence-electron chi connectivity index (χ0n) is 20.5. The number of amides is 3. The monoisotopic (exact) mass is 611 g/mol. The molecule has 3 amide bonds. The standard InChI is InChI=1S/C20H21N9O8S3/c1-2-3-37-25-12(10-7-39-19(22-10)21-8-30)15(33)23-13-16(34)29-14(18(35)36)9(5-38-17(13)29)6-40-20-24-26-27-28(20)4-11(31)32/h7-8,13,17H,2-6H2,1H3,(H,23,33)(H,31,32)(H,35,36)(H,21,22,30)/t13?,17-/m0/s1. The molecule has 0 aliphatic carbocycles. The number of thioether (sulfide) groups is 2. The lowest BCUT2D eigenvalue weighted by Gasteiger charge is -2.49. The number of β-lactam (4-membered cyclic amide) rings is 1. The number of aromatic nitrogens is 5. The smallest absolute Gasteiger partial charge is 0.352 e. The Labute approximate surface area is 237 Å². The molecule has 2 aromatic heterocycles. The number of nitrogens with zero attached hydrogens (tertiary/aromatic N) is 7. The minimum absolute atomic E-state index is 0.0920. The van der Waals surface area contributed by atoms with Crippen LogP contribution in [0.2, 0.25) is 0 Å². The maximum Gasteiger partial charge on any atom is 0.352 e. The molecular weight excluding hydrogens is 590 g/mol. The van der Waals surface area contributed by atoms with Gasteiger partial charge in [-0.2, -0.15) is 0 Å². The van der Waals surface area contributed by atoms with Gasteiger partial charge in [-0.15, -0.1) is 28.2 Å². The lowest BCUT2D eigenvalue weighted by molar-refractivity contribution is -0.150. The Morgan fingerprint density at radius 1 is 1.35 bits per heavy atom. The molecule has 4 rings (SSSR count). The highest BCUT2D eigenvalue weighted by Crippen LogP contribution is 2.41. The van der Waals surface area contributed by atoms with Gasteiger partial charge in [0.1, 0.15) is 36.0 Å². The van der Waals surface area contributed by atoms with Crippen molar-refractivity contribution in [1.82, 2.24) is 35.4 Å². The zero-order chi connectivity index (χ0) is 28.8. The Balaban J connectivity index is 1.48. The number of fused-ring (bicyclic) bond motifs is 1. The van der Waals surface area contributed by atoms with Gasteiger partial charge in [0.05, 0.1) is 0 Å². The summed E-state index contributed by atoms with van der Waals surface area (Å²) >= 11 is 3.36. The molecule has 1 fully saturated rings. The SMILES string of the molecule is CCCON=C(C(=O)NC1C(=O)N2C(C(=O)O)=C(CSc3nnnn3CC(=O)O)CS[C@@H]12)c1csc(NC=O)n1. The molecule has 0 radical (unpaired) electrons. The number of tetrazole rings is 1. The number of carbonyl (C=O) groups excluding carboxylic acids is 3. The van der Waals surface area contributed by atoms with Gasteiger partial charge in [0.2, 0.25) is 11.6 Å². The predicted octanol–water partition coefficient (Wildman–Crippen LogP) is -0.556. The fourth-order valence-corrected chi connectivity index (χ4v) is 6.60. The average molecular weight is 612 g/mol. The number of hydrogen-bond donors (Lipinski definition) is 4. The number of carboxylic acids is 2. The van der Waals surface area contributed by atoms with Crippen LogP contribution in [-0.4, -0.2) is 106 Å². The van der Waals surface area contributed by atoms with Crippen LogP contribution in [0.4, 0.5) is 5.13 Å². The molecule has 4 heterocycles. The van der Waals surface area contributed by atoms with E-state index in [1.807, 2.05) is 6.92 Å². The Morgan fingerprint density at radius 2 is 2.15 bits per heavy atom. The summed E-state index contributed by atoms with van der Waals surface area (Å²) in [5.41, 5.74) is 0.113. The van der Waals surface area contributed by atoms with E-state index in [1.54, 1.807) is 0 Å². The summed E-state index contributed by atoms with van der Waals surface area (Å²) in [5, 5.41) is 39.7. The van der Waals surface area contributed by atoms with Crippen molar-refractivity contribution in [2.75, 3.05) is 23.4 Å². The zero-order valence-corrected chi connectivity index (χ0v) is 23.0. The summed E-state index contributed by atoms with van der Waals surface area (Å²) in [5.74, 6) is -3.54. The largest absolute Gasteiger partial charge is 0.480 e. The van der Waals surface area contributed by atoms with Gasteiger partial charge in [0.25, 0.3) is 11.8 Å². The Kier molecular flexibility index (Phi) is 9.32. The highest BCUT2D eigenvalue weighted by molar-refractivity contribution is 8.01. The van der Waals surface area contributed by atoms with E-state index < -0.39 is 41.7 Å². The third-order valence-corrected chi connectivity index (χ3v) is 8.45.